The van der Waals surface area contributed by atoms with E-state index in [0.29, 0.717) is 6.54 Å². The van der Waals surface area contributed by atoms with Crippen molar-refractivity contribution in [2.45, 2.75) is 66.9 Å². The Kier molecular flexibility index (Phi) is 20.4. The third-order valence-electron chi connectivity index (χ3n) is 2.21. The number of benzene rings is 1. The van der Waals surface area contributed by atoms with Crippen molar-refractivity contribution in [1.82, 2.24) is 5.32 Å². The highest BCUT2D eigenvalue weighted by molar-refractivity contribution is 9.10. The van der Waals surface area contributed by atoms with Crippen LogP contribution in [0.2, 0.25) is 0 Å². The molecule has 0 aliphatic heterocycles. The fraction of sp³-hybridized carbons (Fsp3) is 0.550. The molecule has 0 radical (unpaired) electrons. The van der Waals surface area contributed by atoms with E-state index in [1.807, 2.05) is 46.8 Å². The lowest BCUT2D eigenvalue weighted by Crippen LogP contribution is -2.32. The summed E-state index contributed by atoms with van der Waals surface area (Å²) in [5, 5.41) is 2.68. The van der Waals surface area contributed by atoms with Crippen LogP contribution < -0.4 is 5.32 Å². The maximum absolute atomic E-state index is 11.0. The fourth-order valence-electron chi connectivity index (χ4n) is 1.21. The maximum Gasteiger partial charge on any atom is 0.407 e. The second kappa shape index (κ2) is 17.9. The maximum atomic E-state index is 11.0. The monoisotopic (exact) mass is 399 g/mol. The molecule has 0 atom stereocenters. The molecule has 0 spiro atoms. The Morgan fingerprint density at radius 2 is 1.62 bits per heavy atom. The number of nitrogens with one attached hydrogen (secondary N) is 1. The molecule has 24 heavy (non-hydrogen) atoms. The summed E-state index contributed by atoms with van der Waals surface area (Å²) in [5.41, 5.74) is 0.907. The number of hydrogen-bond donors (Lipinski definition) is 1. The van der Waals surface area contributed by atoms with Gasteiger partial charge in [-0.25, -0.2) is 4.79 Å². The van der Waals surface area contributed by atoms with Gasteiger partial charge in [-0.3, -0.25) is 0 Å². The predicted octanol–water partition coefficient (Wildman–Crippen LogP) is 6.34. The summed E-state index contributed by atoms with van der Waals surface area (Å²) >= 11 is 3.35. The summed E-state index contributed by atoms with van der Waals surface area (Å²) in [7, 11) is 0. The molecular formula is C20H34BrNO2. The van der Waals surface area contributed by atoms with Crippen LogP contribution in [-0.4, -0.2) is 18.2 Å². The third kappa shape index (κ3) is 22.8. The van der Waals surface area contributed by atoms with Crippen molar-refractivity contribution in [3.63, 3.8) is 0 Å². The topological polar surface area (TPSA) is 38.3 Å². The highest BCUT2D eigenvalue weighted by Crippen LogP contribution is 2.08. The molecule has 1 aromatic rings. The summed E-state index contributed by atoms with van der Waals surface area (Å²) in [5.74, 6) is 0. The summed E-state index contributed by atoms with van der Waals surface area (Å²) in [6.07, 6.45) is 9.76. The van der Waals surface area contributed by atoms with Crippen LogP contribution in [0.25, 0.3) is 0 Å². The van der Waals surface area contributed by atoms with Crippen LogP contribution in [0.15, 0.2) is 28.7 Å². The van der Waals surface area contributed by atoms with Crippen molar-refractivity contribution in [1.29, 1.82) is 0 Å². The Morgan fingerprint density at radius 3 is 1.96 bits per heavy atom. The smallest absolute Gasteiger partial charge is 0.407 e. The molecule has 1 amide bonds. The Morgan fingerprint density at radius 1 is 1.17 bits per heavy atom. The summed E-state index contributed by atoms with van der Waals surface area (Å²) in [4.78, 5) is 11.0. The number of carbonyl (C=O) groups excluding carboxylic acids is 1. The molecule has 0 fully saturated rings. The number of rotatable bonds is 3. The number of halogens is 1. The van der Waals surface area contributed by atoms with Gasteiger partial charge in [0.1, 0.15) is 5.60 Å². The molecule has 4 heteroatoms. The van der Waals surface area contributed by atoms with Gasteiger partial charge in [0.25, 0.3) is 0 Å². The van der Waals surface area contributed by atoms with Crippen LogP contribution in [0.1, 0.15) is 59.9 Å². The van der Waals surface area contributed by atoms with Crippen molar-refractivity contribution in [2.75, 3.05) is 6.54 Å². The molecule has 138 valence electrons. The lowest BCUT2D eigenvalue weighted by atomic mass is 10.2. The Hall–Kier alpha value is -1.47. The number of unbranched alkanes of at least 4 members (excludes halogenated alkanes) is 1. The zero-order chi connectivity index (χ0) is 19.6. The molecule has 0 aliphatic rings. The van der Waals surface area contributed by atoms with E-state index in [-0.39, 0.29) is 6.09 Å². The van der Waals surface area contributed by atoms with E-state index in [4.69, 9.17) is 4.74 Å². The minimum absolute atomic E-state index is 0.323. The number of ether oxygens (including phenoxy) is 1. The van der Waals surface area contributed by atoms with Crippen molar-refractivity contribution in [2.24, 2.45) is 0 Å². The van der Waals surface area contributed by atoms with E-state index in [1.54, 1.807) is 0 Å². The van der Waals surface area contributed by atoms with E-state index >= 15 is 0 Å². The van der Waals surface area contributed by atoms with Gasteiger partial charge in [-0.05, 0) is 46.2 Å². The number of carbonyl (C=O) groups is 1. The molecule has 1 N–H and O–H groups in total. The van der Waals surface area contributed by atoms with E-state index in [0.717, 1.165) is 17.3 Å². The van der Waals surface area contributed by atoms with Gasteiger partial charge in [0, 0.05) is 11.0 Å². The average Bonchev–Trinajstić information content (AvgIpc) is 2.53. The summed E-state index contributed by atoms with van der Waals surface area (Å²) in [6, 6.07) is 8.22. The standard InChI is InChI=1S/C9H19NO2.C7H7Br.C2H6.C2H2/c1-5-6-7-10-8(11)12-9(2,3)4;1-6-2-4-7(8)5-3-6;2*1-2/h5-7H2,1-4H3,(H,10,11);2-5H,1H3;1-2H3;1-2H. The normalized spacial score (nSPS) is 8.92. The zero-order valence-corrected chi connectivity index (χ0v) is 17.9. The van der Waals surface area contributed by atoms with Gasteiger partial charge >= 0.3 is 6.09 Å². The Balaban J connectivity index is -0.000000317. The SMILES string of the molecule is C#C.CC.CCCCNC(=O)OC(C)(C)C.Cc1ccc(Br)cc1. The largest absolute Gasteiger partial charge is 0.444 e. The average molecular weight is 400 g/mol. The number of alkyl carbamates (subject to hydrolysis) is 1. The van der Waals surface area contributed by atoms with Gasteiger partial charge < -0.3 is 10.1 Å². The summed E-state index contributed by atoms with van der Waals surface area (Å²) < 4.78 is 6.18. The quantitative estimate of drug-likeness (QED) is 0.475. The van der Waals surface area contributed by atoms with Crippen LogP contribution in [0.4, 0.5) is 4.79 Å². The first-order valence-electron chi connectivity index (χ1n) is 8.27. The van der Waals surface area contributed by atoms with Gasteiger partial charge in [-0.2, -0.15) is 0 Å². The van der Waals surface area contributed by atoms with E-state index < -0.39 is 5.60 Å². The Bertz CT molecular complexity index is 399. The first-order valence-corrected chi connectivity index (χ1v) is 9.06. The molecule has 0 bridgehead atoms. The van der Waals surface area contributed by atoms with Crippen LogP contribution >= 0.6 is 15.9 Å². The Labute approximate surface area is 157 Å². The van der Waals surface area contributed by atoms with Crippen LogP contribution in [-0.2, 0) is 4.74 Å². The third-order valence-corrected chi connectivity index (χ3v) is 2.74. The molecule has 1 aromatic carbocycles. The number of hydrogen-bond acceptors (Lipinski definition) is 2. The first kappa shape index (κ1) is 27.4. The molecule has 1 rings (SSSR count). The van der Waals surface area contributed by atoms with Gasteiger partial charge in [0.15, 0.2) is 0 Å². The molecule has 3 nitrogen and oxygen atoms in total. The molecular weight excluding hydrogens is 366 g/mol. The second-order valence-corrected chi connectivity index (χ2v) is 6.49. The lowest BCUT2D eigenvalue weighted by molar-refractivity contribution is 0.0527. The number of terminal acetylenes is 1. The highest BCUT2D eigenvalue weighted by atomic mass is 79.9. The second-order valence-electron chi connectivity index (χ2n) is 5.58. The van der Waals surface area contributed by atoms with E-state index in [9.17, 15) is 4.79 Å². The fourth-order valence-corrected chi connectivity index (χ4v) is 1.48. The molecule has 0 unspecified atom stereocenters. The molecule has 0 aliphatic carbocycles. The predicted molar refractivity (Wildman–Crippen MR) is 109 cm³/mol. The minimum Gasteiger partial charge on any atom is -0.444 e. The highest BCUT2D eigenvalue weighted by Gasteiger charge is 2.14. The molecule has 0 saturated heterocycles. The van der Waals surface area contributed by atoms with Gasteiger partial charge in [0.2, 0.25) is 0 Å². The molecule has 0 aromatic heterocycles. The minimum atomic E-state index is -0.393. The van der Waals surface area contributed by atoms with Crippen molar-refractivity contribution in [3.05, 3.63) is 34.3 Å². The number of amides is 1. The summed E-state index contributed by atoms with van der Waals surface area (Å²) in [6.45, 7) is 14.4. The zero-order valence-electron chi connectivity index (χ0n) is 16.3. The van der Waals surface area contributed by atoms with Gasteiger partial charge in [-0.15, -0.1) is 12.8 Å². The lowest BCUT2D eigenvalue weighted by Gasteiger charge is -2.19. The molecule has 0 heterocycles. The van der Waals surface area contributed by atoms with Crippen LogP contribution in [0, 0.1) is 19.8 Å². The van der Waals surface area contributed by atoms with Gasteiger partial charge in [-0.1, -0.05) is 60.8 Å². The van der Waals surface area contributed by atoms with Crippen molar-refractivity contribution < 1.29 is 9.53 Å². The van der Waals surface area contributed by atoms with Crippen LogP contribution in [0.3, 0.4) is 0 Å². The van der Waals surface area contributed by atoms with Crippen molar-refractivity contribution in [3.8, 4) is 12.8 Å². The van der Waals surface area contributed by atoms with Crippen molar-refractivity contribution >= 4 is 22.0 Å². The first-order chi connectivity index (χ1) is 11.2. The number of aryl methyl sites for hydroxylation is 1. The molecule has 0 saturated carbocycles. The van der Waals surface area contributed by atoms with E-state index in [1.165, 1.54) is 5.56 Å². The van der Waals surface area contributed by atoms with Crippen LogP contribution in [0.5, 0.6) is 0 Å². The van der Waals surface area contributed by atoms with E-state index in [2.05, 4.69) is 60.1 Å². The van der Waals surface area contributed by atoms with Gasteiger partial charge in [0.05, 0.1) is 0 Å².